The molecule has 2 aromatic rings. The van der Waals surface area contributed by atoms with E-state index in [-0.39, 0.29) is 24.0 Å². The van der Waals surface area contributed by atoms with Crippen LogP contribution in [0.15, 0.2) is 60.7 Å². The molecule has 0 fully saturated rings. The number of carbonyl (C=O) groups is 1. The van der Waals surface area contributed by atoms with Gasteiger partial charge in [-0.2, -0.15) is 0 Å². The minimum atomic E-state index is -0.214. The monoisotopic (exact) mass is 311 g/mol. The average Bonchev–Trinajstić information content (AvgIpc) is 2.62. The van der Waals surface area contributed by atoms with Crippen LogP contribution in [0.5, 0.6) is 0 Å². The zero-order valence-electron chi connectivity index (χ0n) is 14.0. The second-order valence-electron chi connectivity index (χ2n) is 5.73. The van der Waals surface area contributed by atoms with Crippen LogP contribution in [0.3, 0.4) is 0 Å². The molecule has 0 aliphatic heterocycles. The van der Waals surface area contributed by atoms with Gasteiger partial charge in [0, 0.05) is 12.1 Å². The number of rotatable bonds is 7. The summed E-state index contributed by atoms with van der Waals surface area (Å²) in [6, 6.07) is 20.4. The Morgan fingerprint density at radius 2 is 1.52 bits per heavy atom. The van der Waals surface area contributed by atoms with E-state index in [0.29, 0.717) is 0 Å². The van der Waals surface area contributed by atoms with Crippen LogP contribution in [0, 0.1) is 5.92 Å². The number of carbonyl (C=O) groups excluding carboxylic acids is 1. The molecule has 0 amide bonds. The molecule has 0 aliphatic carbocycles. The van der Waals surface area contributed by atoms with Gasteiger partial charge in [-0.15, -0.1) is 0 Å². The number of ether oxygens (including phenoxy) is 1. The molecule has 0 aliphatic rings. The quantitative estimate of drug-likeness (QED) is 0.776. The Morgan fingerprint density at radius 1 is 1.00 bits per heavy atom. The summed E-state index contributed by atoms with van der Waals surface area (Å²) >= 11 is 0. The van der Waals surface area contributed by atoms with Crippen molar-refractivity contribution < 1.29 is 9.53 Å². The summed E-state index contributed by atoms with van der Waals surface area (Å²) in [6.45, 7) is 4.14. The predicted octanol–water partition coefficient (Wildman–Crippen LogP) is 4.28. The van der Waals surface area contributed by atoms with Crippen molar-refractivity contribution in [2.45, 2.75) is 32.4 Å². The van der Waals surface area contributed by atoms with Crippen LogP contribution in [-0.2, 0) is 9.53 Å². The Balaban J connectivity index is 2.28. The van der Waals surface area contributed by atoms with E-state index in [4.69, 9.17) is 4.74 Å². The largest absolute Gasteiger partial charge is 0.469 e. The molecule has 2 aromatic carbocycles. The van der Waals surface area contributed by atoms with Gasteiger partial charge in [0.15, 0.2) is 0 Å². The van der Waals surface area contributed by atoms with E-state index in [1.807, 2.05) is 43.3 Å². The second kappa shape index (κ2) is 8.49. The van der Waals surface area contributed by atoms with Crippen molar-refractivity contribution in [2.24, 2.45) is 5.92 Å². The number of benzene rings is 2. The summed E-state index contributed by atoms with van der Waals surface area (Å²) in [5, 5.41) is 3.61. The van der Waals surface area contributed by atoms with E-state index >= 15 is 0 Å². The highest BCUT2D eigenvalue weighted by atomic mass is 16.5. The molecule has 1 N–H and O–H groups in total. The second-order valence-corrected chi connectivity index (χ2v) is 5.73. The third-order valence-corrected chi connectivity index (χ3v) is 4.23. The smallest absolute Gasteiger partial charge is 0.310 e. The molecule has 0 heterocycles. The van der Waals surface area contributed by atoms with Gasteiger partial charge in [0.25, 0.3) is 0 Å². The molecule has 3 atom stereocenters. The molecule has 0 bridgehead atoms. The van der Waals surface area contributed by atoms with Gasteiger partial charge in [-0.05, 0) is 24.5 Å². The highest BCUT2D eigenvalue weighted by molar-refractivity contribution is 5.73. The first-order valence-corrected chi connectivity index (χ1v) is 8.11. The first-order valence-electron chi connectivity index (χ1n) is 8.11. The molecule has 3 heteroatoms. The lowest BCUT2D eigenvalue weighted by Crippen LogP contribution is -2.35. The first kappa shape index (κ1) is 17.2. The molecular formula is C20H25NO2. The summed E-state index contributed by atoms with van der Waals surface area (Å²) in [4.78, 5) is 12.2. The van der Waals surface area contributed by atoms with Crippen molar-refractivity contribution in [3.05, 3.63) is 71.8 Å². The maximum Gasteiger partial charge on any atom is 0.310 e. The molecule has 23 heavy (non-hydrogen) atoms. The summed E-state index contributed by atoms with van der Waals surface area (Å²) in [6.07, 6.45) is 0.723. The molecule has 1 unspecified atom stereocenters. The Morgan fingerprint density at radius 3 is 2.00 bits per heavy atom. The third kappa shape index (κ3) is 4.42. The summed E-state index contributed by atoms with van der Waals surface area (Å²) in [5.74, 6) is -0.386. The highest BCUT2D eigenvalue weighted by Crippen LogP contribution is 2.29. The van der Waals surface area contributed by atoms with Gasteiger partial charge in [0.2, 0.25) is 0 Å². The molecule has 0 spiro atoms. The Labute approximate surface area is 138 Å². The summed E-state index contributed by atoms with van der Waals surface area (Å²) in [5.41, 5.74) is 2.31. The minimum absolute atomic E-state index is 0.0798. The minimum Gasteiger partial charge on any atom is -0.469 e. The van der Waals surface area contributed by atoms with Gasteiger partial charge in [-0.25, -0.2) is 0 Å². The van der Waals surface area contributed by atoms with E-state index in [0.717, 1.165) is 12.0 Å². The number of hydrogen-bond acceptors (Lipinski definition) is 3. The lowest BCUT2D eigenvalue weighted by molar-refractivity contribution is -0.146. The van der Waals surface area contributed by atoms with E-state index < -0.39 is 0 Å². The molecule has 0 saturated carbocycles. The van der Waals surface area contributed by atoms with Crippen LogP contribution in [-0.4, -0.2) is 13.1 Å². The van der Waals surface area contributed by atoms with Gasteiger partial charge in [-0.1, -0.05) is 67.6 Å². The fraction of sp³-hybridized carbons (Fsp3) is 0.350. The highest BCUT2D eigenvalue weighted by Gasteiger charge is 2.30. The van der Waals surface area contributed by atoms with Gasteiger partial charge in [-0.3, -0.25) is 4.79 Å². The van der Waals surface area contributed by atoms with Crippen molar-refractivity contribution in [3.8, 4) is 0 Å². The Kier molecular flexibility index (Phi) is 6.36. The molecule has 3 nitrogen and oxygen atoms in total. The van der Waals surface area contributed by atoms with Gasteiger partial charge >= 0.3 is 5.97 Å². The third-order valence-electron chi connectivity index (χ3n) is 4.23. The van der Waals surface area contributed by atoms with Crippen LogP contribution in [0.4, 0.5) is 0 Å². The van der Waals surface area contributed by atoms with E-state index in [1.165, 1.54) is 12.7 Å². The molecular weight excluding hydrogens is 286 g/mol. The SMILES string of the molecule is CC[C@H](C(=O)OC)[C@H](NC(C)c1ccccc1)c1ccccc1. The molecule has 122 valence electrons. The lowest BCUT2D eigenvalue weighted by Gasteiger charge is -2.29. The average molecular weight is 311 g/mol. The van der Waals surface area contributed by atoms with E-state index in [9.17, 15) is 4.79 Å². The number of esters is 1. The van der Waals surface area contributed by atoms with Crippen molar-refractivity contribution in [2.75, 3.05) is 7.11 Å². The number of hydrogen-bond donors (Lipinski definition) is 1. The summed E-state index contributed by atoms with van der Waals surface area (Å²) < 4.78 is 5.01. The molecule has 0 aromatic heterocycles. The first-order chi connectivity index (χ1) is 11.2. The zero-order chi connectivity index (χ0) is 16.7. The summed E-state index contributed by atoms with van der Waals surface area (Å²) in [7, 11) is 1.45. The topological polar surface area (TPSA) is 38.3 Å². The molecule has 2 rings (SSSR count). The van der Waals surface area contributed by atoms with Crippen LogP contribution in [0.2, 0.25) is 0 Å². The van der Waals surface area contributed by atoms with Crippen LogP contribution in [0.25, 0.3) is 0 Å². The van der Waals surface area contributed by atoms with Crippen molar-refractivity contribution in [3.63, 3.8) is 0 Å². The standard InChI is InChI=1S/C20H25NO2/c1-4-18(20(22)23-3)19(17-13-9-6-10-14-17)21-15(2)16-11-7-5-8-12-16/h5-15,18-19,21H,4H2,1-3H3/t15?,18-,19+/m0/s1. The molecule has 0 radical (unpaired) electrons. The van der Waals surface area contributed by atoms with E-state index in [2.05, 4.69) is 36.5 Å². The van der Waals surface area contributed by atoms with Gasteiger partial charge < -0.3 is 10.1 Å². The fourth-order valence-electron chi connectivity index (χ4n) is 2.90. The lowest BCUT2D eigenvalue weighted by atomic mass is 9.89. The van der Waals surface area contributed by atoms with Crippen LogP contribution < -0.4 is 5.32 Å². The van der Waals surface area contributed by atoms with Crippen molar-refractivity contribution >= 4 is 5.97 Å². The van der Waals surface area contributed by atoms with E-state index in [1.54, 1.807) is 0 Å². The van der Waals surface area contributed by atoms with Crippen LogP contribution >= 0.6 is 0 Å². The van der Waals surface area contributed by atoms with Crippen molar-refractivity contribution in [1.82, 2.24) is 5.32 Å². The Bertz CT molecular complexity index is 598. The Hall–Kier alpha value is -2.13. The maximum absolute atomic E-state index is 12.2. The normalized spacial score (nSPS) is 14.7. The molecule has 0 saturated heterocycles. The zero-order valence-corrected chi connectivity index (χ0v) is 14.0. The van der Waals surface area contributed by atoms with Gasteiger partial charge in [0.1, 0.15) is 0 Å². The number of nitrogens with one attached hydrogen (secondary N) is 1. The van der Waals surface area contributed by atoms with Crippen molar-refractivity contribution in [1.29, 1.82) is 0 Å². The fourth-order valence-corrected chi connectivity index (χ4v) is 2.90. The van der Waals surface area contributed by atoms with Gasteiger partial charge in [0.05, 0.1) is 13.0 Å². The predicted molar refractivity (Wildman–Crippen MR) is 93.0 cm³/mol. The maximum atomic E-state index is 12.2. The number of methoxy groups -OCH3 is 1. The van der Waals surface area contributed by atoms with Crippen LogP contribution in [0.1, 0.15) is 43.5 Å².